The van der Waals surface area contributed by atoms with Crippen molar-refractivity contribution >= 4 is 17.6 Å². The van der Waals surface area contributed by atoms with Gasteiger partial charge in [-0.05, 0) is 36.1 Å². The molecule has 0 saturated carbocycles. The summed E-state index contributed by atoms with van der Waals surface area (Å²) in [4.78, 5) is 28.5. The summed E-state index contributed by atoms with van der Waals surface area (Å²) in [5.74, 6) is -1.79. The van der Waals surface area contributed by atoms with Crippen molar-refractivity contribution < 1.29 is 49.0 Å². The Bertz CT molecular complexity index is 1050. The molecule has 2 heterocycles. The van der Waals surface area contributed by atoms with Gasteiger partial charge in [0, 0.05) is 30.1 Å². The number of nitrogens with one attached hydrogen (secondary N) is 1. The molecule has 1 aromatic heterocycles. The Morgan fingerprint density at radius 3 is 2.53 bits per heavy atom. The first-order valence-corrected chi connectivity index (χ1v) is 9.40. The molecule has 1 N–H and O–H groups in total. The monoisotopic (exact) mass is 410 g/mol. The van der Waals surface area contributed by atoms with Gasteiger partial charge in [-0.15, -0.1) is 0 Å². The molecule has 146 valence electrons. The average molecular weight is 410 g/mol. The van der Waals surface area contributed by atoms with E-state index in [4.69, 9.17) is 4.74 Å². The number of carboxylic acids is 1. The van der Waals surface area contributed by atoms with Crippen LogP contribution in [0.25, 0.3) is 11.1 Å². The van der Waals surface area contributed by atoms with Crippen molar-refractivity contribution in [2.45, 2.75) is 18.9 Å². The zero-order chi connectivity index (χ0) is 20.2. The van der Waals surface area contributed by atoms with Gasteiger partial charge in [0.05, 0.1) is 23.3 Å². The molecule has 1 atom stereocenters. The first kappa shape index (κ1) is 22.2. The van der Waals surface area contributed by atoms with Crippen LogP contribution in [0.4, 0.5) is 5.69 Å². The van der Waals surface area contributed by atoms with E-state index >= 15 is 0 Å². The van der Waals surface area contributed by atoms with Crippen LogP contribution < -0.4 is 40.0 Å². The number of ether oxygens (including phenoxy) is 1. The number of aromatic carboxylic acids is 1. The number of anilines is 1. The minimum absolute atomic E-state index is 0. The fourth-order valence-corrected chi connectivity index (χ4v) is 3.43. The molecule has 30 heavy (non-hydrogen) atoms. The minimum Gasteiger partial charge on any atom is -0.545 e. The van der Waals surface area contributed by atoms with E-state index in [0.717, 1.165) is 29.5 Å². The fraction of sp³-hybridized carbons (Fsp3) is 0.174. The molecular formula is C23H19N2NaO4. The van der Waals surface area contributed by atoms with Crippen molar-refractivity contribution in [3.8, 4) is 11.1 Å². The molecule has 0 radical (unpaired) electrons. The summed E-state index contributed by atoms with van der Waals surface area (Å²) in [6, 6.07) is 16.1. The van der Waals surface area contributed by atoms with E-state index in [1.165, 1.54) is 12.3 Å². The van der Waals surface area contributed by atoms with Crippen LogP contribution in [0.3, 0.4) is 0 Å². The number of aromatic nitrogens is 1. The van der Waals surface area contributed by atoms with Crippen LogP contribution in [0.1, 0.15) is 45.2 Å². The maximum atomic E-state index is 12.8. The third-order valence-electron chi connectivity index (χ3n) is 4.92. The number of pyridine rings is 1. The predicted molar refractivity (Wildman–Crippen MR) is 106 cm³/mol. The molecule has 1 aliphatic heterocycles. The Morgan fingerprint density at radius 1 is 1.03 bits per heavy atom. The summed E-state index contributed by atoms with van der Waals surface area (Å²) in [7, 11) is 0. The summed E-state index contributed by atoms with van der Waals surface area (Å²) in [5, 5.41) is 14.2. The second kappa shape index (κ2) is 10.00. The predicted octanol–water partition coefficient (Wildman–Crippen LogP) is 0.220. The molecule has 4 rings (SSSR count). The Labute approximate surface area is 196 Å². The Hall–Kier alpha value is -2.51. The Balaban J connectivity index is 0.00000256. The van der Waals surface area contributed by atoms with Gasteiger partial charge >= 0.3 is 29.6 Å². The molecular weight excluding hydrogens is 391 g/mol. The van der Waals surface area contributed by atoms with Crippen LogP contribution >= 0.6 is 0 Å². The van der Waals surface area contributed by atoms with Crippen molar-refractivity contribution in [1.82, 2.24) is 4.98 Å². The van der Waals surface area contributed by atoms with E-state index in [9.17, 15) is 14.7 Å². The summed E-state index contributed by atoms with van der Waals surface area (Å²) in [6.45, 7) is 0.673. The number of amides is 1. The summed E-state index contributed by atoms with van der Waals surface area (Å²) < 4.78 is 5.66. The van der Waals surface area contributed by atoms with Crippen LogP contribution in [0.15, 0.2) is 67.0 Å². The first-order valence-electron chi connectivity index (χ1n) is 9.40. The van der Waals surface area contributed by atoms with Gasteiger partial charge in [-0.3, -0.25) is 9.78 Å². The summed E-state index contributed by atoms with van der Waals surface area (Å²) in [5.41, 5.74) is 3.01. The first-order chi connectivity index (χ1) is 14.1. The van der Waals surface area contributed by atoms with Gasteiger partial charge < -0.3 is 20.0 Å². The van der Waals surface area contributed by atoms with Crippen molar-refractivity contribution in [1.29, 1.82) is 0 Å². The molecule has 0 aliphatic carbocycles. The zero-order valence-electron chi connectivity index (χ0n) is 16.6. The summed E-state index contributed by atoms with van der Waals surface area (Å²) >= 11 is 0. The smallest absolute Gasteiger partial charge is 0.545 e. The van der Waals surface area contributed by atoms with Crippen LogP contribution in [0.2, 0.25) is 0 Å². The fourth-order valence-electron chi connectivity index (χ4n) is 3.43. The largest absolute Gasteiger partial charge is 1.00 e. The quantitative estimate of drug-likeness (QED) is 0.608. The van der Waals surface area contributed by atoms with Crippen molar-refractivity contribution in [3.05, 3.63) is 83.7 Å². The van der Waals surface area contributed by atoms with Crippen molar-refractivity contribution in [2.75, 3.05) is 11.9 Å². The molecule has 1 amide bonds. The maximum Gasteiger partial charge on any atom is 1.00 e. The normalized spacial score (nSPS) is 15.3. The van der Waals surface area contributed by atoms with Gasteiger partial charge in [0.25, 0.3) is 5.91 Å². The van der Waals surface area contributed by atoms with Crippen LogP contribution in [0.5, 0.6) is 0 Å². The number of carbonyl (C=O) groups excluding carboxylic acids is 2. The average Bonchev–Trinajstić information content (AvgIpc) is 3.29. The topological polar surface area (TPSA) is 91.3 Å². The molecule has 6 nitrogen and oxygen atoms in total. The van der Waals surface area contributed by atoms with E-state index in [1.807, 2.05) is 30.3 Å². The van der Waals surface area contributed by atoms with Gasteiger partial charge in [-0.1, -0.05) is 42.5 Å². The maximum absolute atomic E-state index is 12.8. The van der Waals surface area contributed by atoms with E-state index < -0.39 is 11.9 Å². The number of carboxylic acid groups (broad SMARTS) is 1. The Morgan fingerprint density at radius 2 is 1.83 bits per heavy atom. The van der Waals surface area contributed by atoms with Gasteiger partial charge in [0.15, 0.2) is 0 Å². The third-order valence-corrected chi connectivity index (χ3v) is 4.92. The van der Waals surface area contributed by atoms with E-state index in [0.29, 0.717) is 12.2 Å². The van der Waals surface area contributed by atoms with E-state index in [-0.39, 0.29) is 46.9 Å². The molecule has 0 spiro atoms. The van der Waals surface area contributed by atoms with Gasteiger partial charge in [-0.25, -0.2) is 0 Å². The Kier molecular flexibility index (Phi) is 7.39. The van der Waals surface area contributed by atoms with Gasteiger partial charge in [-0.2, -0.15) is 0 Å². The molecule has 1 unspecified atom stereocenters. The number of carbonyl (C=O) groups is 2. The number of nitrogens with zero attached hydrogens (tertiary/aromatic N) is 1. The van der Waals surface area contributed by atoms with Crippen LogP contribution in [-0.2, 0) is 4.74 Å². The zero-order valence-corrected chi connectivity index (χ0v) is 18.6. The van der Waals surface area contributed by atoms with Crippen LogP contribution in [0, 0.1) is 0 Å². The number of hydrogen-bond donors (Lipinski definition) is 1. The van der Waals surface area contributed by atoms with Gasteiger partial charge in [0.1, 0.15) is 0 Å². The molecule has 2 aromatic carbocycles. The number of hydrogen-bond acceptors (Lipinski definition) is 5. The number of benzene rings is 2. The third kappa shape index (κ3) is 4.96. The second-order valence-electron chi connectivity index (χ2n) is 6.88. The van der Waals surface area contributed by atoms with E-state index in [1.54, 1.807) is 24.4 Å². The molecule has 1 fully saturated rings. The summed E-state index contributed by atoms with van der Waals surface area (Å²) in [6.07, 6.45) is 4.85. The standard InChI is InChI=1S/C23H20N2O4.Na/c26-22(18-11-17(13-24-14-18)15-5-2-1-3-6-15)25-20-12-16(21-7-4-10-29-21)8-9-19(20)23(27)28;/h1-3,5-6,8-9,11-14,21H,4,7,10H2,(H,25,26)(H,27,28);/q;+1/p-1. The second-order valence-corrected chi connectivity index (χ2v) is 6.88. The van der Waals surface area contributed by atoms with Crippen molar-refractivity contribution in [3.63, 3.8) is 0 Å². The molecule has 7 heteroatoms. The molecule has 1 aliphatic rings. The van der Waals surface area contributed by atoms with Crippen LogP contribution in [-0.4, -0.2) is 23.5 Å². The SMILES string of the molecule is O=C(Nc1cc(C2CCCO2)ccc1C(=O)[O-])c1cncc(-c2ccccc2)c1.[Na+]. The molecule has 1 saturated heterocycles. The molecule has 3 aromatic rings. The number of rotatable bonds is 5. The van der Waals surface area contributed by atoms with Crippen molar-refractivity contribution in [2.24, 2.45) is 0 Å². The molecule has 0 bridgehead atoms. The van der Waals surface area contributed by atoms with Gasteiger partial charge in [0.2, 0.25) is 0 Å². The van der Waals surface area contributed by atoms with E-state index in [2.05, 4.69) is 10.3 Å². The minimum atomic E-state index is -1.35.